The van der Waals surface area contributed by atoms with E-state index >= 15 is 0 Å². The fourth-order valence-electron chi connectivity index (χ4n) is 2.59. The Labute approximate surface area is 128 Å². The summed E-state index contributed by atoms with van der Waals surface area (Å²) in [6.45, 7) is -3.32. The quantitative estimate of drug-likeness (QED) is 0.576. The molecule has 2 aromatic rings. The fourth-order valence-corrected chi connectivity index (χ4v) is 4.04. The van der Waals surface area contributed by atoms with E-state index in [2.05, 4.69) is 15.0 Å². The van der Waals surface area contributed by atoms with Crippen molar-refractivity contribution in [1.29, 1.82) is 0 Å². The van der Waals surface area contributed by atoms with Crippen LogP contribution in [0.25, 0.3) is 11.2 Å². The molecule has 5 atom stereocenters. The Balaban J connectivity index is 1.71. The van der Waals surface area contributed by atoms with Gasteiger partial charge in [0.1, 0.15) is 24.6 Å². The maximum Gasteiger partial charge on any atom is 0.325 e. The summed E-state index contributed by atoms with van der Waals surface area (Å²) >= 11 is 4.79. The number of rotatable bonds is 1. The van der Waals surface area contributed by atoms with Gasteiger partial charge in [-0.2, -0.15) is 4.98 Å². The maximum absolute atomic E-state index is 10.4. The van der Waals surface area contributed by atoms with Gasteiger partial charge in [-0.15, -0.1) is 0 Å². The van der Waals surface area contributed by atoms with E-state index in [4.69, 9.17) is 25.6 Å². The Kier molecular flexibility index (Phi) is 3.20. The van der Waals surface area contributed by atoms with E-state index in [9.17, 15) is 15.1 Å². The summed E-state index contributed by atoms with van der Waals surface area (Å²) in [4.78, 5) is 21.4. The number of aromatic hydroxyl groups is 1. The van der Waals surface area contributed by atoms with E-state index in [1.807, 2.05) is 0 Å². The van der Waals surface area contributed by atoms with Crippen molar-refractivity contribution in [3.05, 3.63) is 12.7 Å². The lowest BCUT2D eigenvalue weighted by molar-refractivity contribution is -0.0593. The highest BCUT2D eigenvalue weighted by Crippen LogP contribution is 2.52. The SMILES string of the molecule is Oc1ncnc2c1ncn2[C@@H]1O[C@@H]2COP(O)(=S)O[C@H]2[C@H]1O. The maximum atomic E-state index is 10.4. The lowest BCUT2D eigenvalue weighted by Gasteiger charge is -2.30. The van der Waals surface area contributed by atoms with Gasteiger partial charge >= 0.3 is 6.72 Å². The fraction of sp³-hybridized carbons (Fsp3) is 0.500. The Morgan fingerprint density at radius 1 is 1.36 bits per heavy atom. The Morgan fingerprint density at radius 3 is 3.00 bits per heavy atom. The Bertz CT molecular complexity index is 786. The first-order valence-electron chi connectivity index (χ1n) is 6.32. The second kappa shape index (κ2) is 4.90. The Hall–Kier alpha value is -1.20. The van der Waals surface area contributed by atoms with Crippen LogP contribution in [0.1, 0.15) is 6.23 Å². The third-order valence-electron chi connectivity index (χ3n) is 3.58. The van der Waals surface area contributed by atoms with Crippen LogP contribution in [0.4, 0.5) is 0 Å². The van der Waals surface area contributed by atoms with Crippen LogP contribution in [-0.4, -0.2) is 59.5 Å². The normalized spacial score (nSPS) is 38.3. The average Bonchev–Trinajstić information content (AvgIpc) is 3.01. The number of hydrogen-bond donors (Lipinski definition) is 3. The van der Waals surface area contributed by atoms with Gasteiger partial charge in [0.2, 0.25) is 5.88 Å². The topological polar surface area (TPSA) is 132 Å². The smallest absolute Gasteiger partial charge is 0.325 e. The lowest BCUT2D eigenvalue weighted by Crippen LogP contribution is -2.39. The first-order chi connectivity index (χ1) is 10.5. The molecule has 3 N–H and O–H groups in total. The molecule has 22 heavy (non-hydrogen) atoms. The van der Waals surface area contributed by atoms with Crippen LogP contribution in [0.3, 0.4) is 0 Å². The first-order valence-corrected chi connectivity index (χ1v) is 8.91. The molecule has 118 valence electrons. The molecule has 2 aromatic heterocycles. The second-order valence-electron chi connectivity index (χ2n) is 4.91. The van der Waals surface area contributed by atoms with E-state index in [0.29, 0.717) is 5.65 Å². The number of ether oxygens (including phenoxy) is 1. The molecule has 12 heteroatoms. The molecule has 0 radical (unpaired) electrons. The van der Waals surface area contributed by atoms with Crippen LogP contribution in [0.5, 0.6) is 5.88 Å². The zero-order valence-corrected chi connectivity index (χ0v) is 12.6. The molecule has 2 fully saturated rings. The number of aliphatic hydroxyl groups excluding tert-OH is 1. The van der Waals surface area contributed by atoms with Gasteiger partial charge in [-0.1, -0.05) is 0 Å². The number of imidazole rings is 1. The van der Waals surface area contributed by atoms with Crippen molar-refractivity contribution in [3.63, 3.8) is 0 Å². The van der Waals surface area contributed by atoms with Gasteiger partial charge in [0.15, 0.2) is 17.4 Å². The van der Waals surface area contributed by atoms with Crippen molar-refractivity contribution >= 4 is 29.7 Å². The number of nitrogens with zero attached hydrogens (tertiary/aromatic N) is 4. The molecule has 2 aliphatic heterocycles. The summed E-state index contributed by atoms with van der Waals surface area (Å²) in [5.74, 6) is -0.265. The molecule has 0 aromatic carbocycles. The predicted octanol–water partition coefficient (Wildman–Crippen LogP) is -0.578. The summed E-state index contributed by atoms with van der Waals surface area (Å²) in [6, 6.07) is 0. The van der Waals surface area contributed by atoms with Crippen molar-refractivity contribution in [3.8, 4) is 5.88 Å². The molecule has 4 rings (SSSR count). The van der Waals surface area contributed by atoms with E-state index in [1.54, 1.807) is 0 Å². The number of aliphatic hydroxyl groups is 1. The minimum Gasteiger partial charge on any atom is -0.492 e. The monoisotopic (exact) mass is 346 g/mol. The van der Waals surface area contributed by atoms with Crippen LogP contribution in [0.15, 0.2) is 12.7 Å². The van der Waals surface area contributed by atoms with Crippen molar-refractivity contribution in [2.24, 2.45) is 0 Å². The average molecular weight is 346 g/mol. The molecular formula is C10H11N4O6PS. The number of aromatic nitrogens is 4. The van der Waals surface area contributed by atoms with E-state index in [-0.39, 0.29) is 18.0 Å². The van der Waals surface area contributed by atoms with Gasteiger partial charge in [0.25, 0.3) is 0 Å². The lowest BCUT2D eigenvalue weighted by atomic mass is 10.1. The van der Waals surface area contributed by atoms with Crippen molar-refractivity contribution in [2.75, 3.05) is 6.61 Å². The van der Waals surface area contributed by atoms with Gasteiger partial charge in [0, 0.05) is 0 Å². The predicted molar refractivity (Wildman–Crippen MR) is 74.2 cm³/mol. The van der Waals surface area contributed by atoms with Crippen LogP contribution < -0.4 is 0 Å². The minimum absolute atomic E-state index is 0.0267. The van der Waals surface area contributed by atoms with Gasteiger partial charge in [-0.3, -0.25) is 9.09 Å². The molecule has 0 aliphatic carbocycles. The highest BCUT2D eigenvalue weighted by atomic mass is 32.5. The van der Waals surface area contributed by atoms with Crippen molar-refractivity contribution in [1.82, 2.24) is 19.5 Å². The van der Waals surface area contributed by atoms with Gasteiger partial charge in [-0.05, 0) is 11.8 Å². The molecule has 0 spiro atoms. The molecule has 10 nitrogen and oxygen atoms in total. The zero-order chi connectivity index (χ0) is 15.5. The van der Waals surface area contributed by atoms with Gasteiger partial charge in [0.05, 0.1) is 12.9 Å². The summed E-state index contributed by atoms with van der Waals surface area (Å²) in [7, 11) is 0. The molecule has 2 aliphatic rings. The molecule has 4 heterocycles. The van der Waals surface area contributed by atoms with E-state index in [0.717, 1.165) is 0 Å². The van der Waals surface area contributed by atoms with Crippen molar-refractivity contribution in [2.45, 2.75) is 24.5 Å². The molecule has 2 saturated heterocycles. The minimum atomic E-state index is -3.35. The van der Waals surface area contributed by atoms with Crippen LogP contribution in [0, 0.1) is 0 Å². The highest BCUT2D eigenvalue weighted by molar-refractivity contribution is 8.07. The standard InChI is InChI=1S/C10H11N4O6PS/c15-6-7-4(1-18-21(17,22)20-7)19-10(6)14-3-13-5-8(14)11-2-12-9(5)16/h2-4,6-7,10,15H,1H2,(H,17,22)(H,11,12,16)/t4-,6-,7-,10-,21?/m1/s1. The molecule has 0 amide bonds. The molecule has 0 saturated carbocycles. The van der Waals surface area contributed by atoms with E-state index < -0.39 is 31.3 Å². The summed E-state index contributed by atoms with van der Waals surface area (Å²) in [5.41, 5.74) is 0.497. The summed E-state index contributed by atoms with van der Waals surface area (Å²) in [5, 5.41) is 20.1. The zero-order valence-electron chi connectivity index (χ0n) is 10.9. The van der Waals surface area contributed by atoms with Gasteiger partial charge < -0.3 is 24.4 Å². The third kappa shape index (κ3) is 2.14. The molecular weight excluding hydrogens is 335 g/mol. The largest absolute Gasteiger partial charge is 0.492 e. The Morgan fingerprint density at radius 2 is 2.18 bits per heavy atom. The summed E-state index contributed by atoms with van der Waals surface area (Å²) < 4.78 is 17.4. The molecule has 1 unspecified atom stereocenters. The first kappa shape index (κ1) is 14.4. The summed E-state index contributed by atoms with van der Waals surface area (Å²) in [6.07, 6.45) is -0.778. The van der Waals surface area contributed by atoms with Crippen LogP contribution in [-0.2, 0) is 25.6 Å². The molecule has 0 bridgehead atoms. The third-order valence-corrected chi connectivity index (χ3v) is 5.14. The van der Waals surface area contributed by atoms with Gasteiger partial charge in [-0.25, -0.2) is 9.97 Å². The highest BCUT2D eigenvalue weighted by Gasteiger charge is 2.51. The van der Waals surface area contributed by atoms with Crippen molar-refractivity contribution < 1.29 is 28.9 Å². The second-order valence-corrected chi connectivity index (χ2v) is 7.70. The van der Waals surface area contributed by atoms with Crippen LogP contribution >= 0.6 is 6.72 Å². The number of hydrogen-bond acceptors (Lipinski definition) is 9. The number of fused-ring (bicyclic) bond motifs is 2. The van der Waals surface area contributed by atoms with Crippen LogP contribution in [0.2, 0.25) is 0 Å². The van der Waals surface area contributed by atoms with E-state index in [1.165, 1.54) is 17.2 Å².